The molecule has 2 fully saturated rings. The molecule has 5 nitrogen and oxygen atoms in total. The highest BCUT2D eigenvalue weighted by Crippen LogP contribution is 2.30. The summed E-state index contributed by atoms with van der Waals surface area (Å²) in [4.78, 5) is 26.2. The number of rotatable bonds is 5. The molecule has 0 radical (unpaired) electrons. The first-order valence-corrected chi connectivity index (χ1v) is 8.67. The molecular formula is C18H26N2O3. The van der Waals surface area contributed by atoms with Gasteiger partial charge in [-0.05, 0) is 43.7 Å². The standard InChI is InChI=1S/C18H26N2O3/c1-14-6-10-20(11-7-14)17(22)5-9-18(8-4-16(21)19-18)13-15-3-2-12-23-15/h2-3,12,14H,4-11,13H2,1H3,(H,19,21). The quantitative estimate of drug-likeness (QED) is 0.907. The normalized spacial score (nSPS) is 25.6. The maximum atomic E-state index is 12.5. The fraction of sp³-hybridized carbons (Fsp3) is 0.667. The SMILES string of the molecule is CC1CCN(C(=O)CCC2(Cc3ccco3)CCC(=O)N2)CC1. The van der Waals surface area contributed by atoms with Crippen molar-refractivity contribution < 1.29 is 14.0 Å². The van der Waals surface area contributed by atoms with Crippen LogP contribution in [0.1, 0.15) is 51.2 Å². The van der Waals surface area contributed by atoms with Gasteiger partial charge in [-0.1, -0.05) is 6.92 Å². The summed E-state index contributed by atoms with van der Waals surface area (Å²) in [6, 6.07) is 3.79. The second-order valence-electron chi connectivity index (χ2n) is 7.15. The molecule has 0 saturated carbocycles. The van der Waals surface area contributed by atoms with Crippen molar-refractivity contribution in [1.82, 2.24) is 10.2 Å². The molecule has 1 atom stereocenters. The van der Waals surface area contributed by atoms with Crippen molar-refractivity contribution in [1.29, 1.82) is 0 Å². The first kappa shape index (κ1) is 16.1. The molecule has 0 aliphatic carbocycles. The number of hydrogen-bond donors (Lipinski definition) is 1. The lowest BCUT2D eigenvalue weighted by molar-refractivity contribution is -0.133. The van der Waals surface area contributed by atoms with Crippen LogP contribution in [0.5, 0.6) is 0 Å². The number of nitrogens with one attached hydrogen (secondary N) is 1. The van der Waals surface area contributed by atoms with E-state index >= 15 is 0 Å². The Kier molecular flexibility index (Phi) is 4.74. The molecule has 5 heteroatoms. The van der Waals surface area contributed by atoms with Gasteiger partial charge in [0.1, 0.15) is 5.76 Å². The number of amides is 2. The van der Waals surface area contributed by atoms with Crippen LogP contribution in [0.15, 0.2) is 22.8 Å². The highest BCUT2D eigenvalue weighted by atomic mass is 16.3. The second kappa shape index (κ2) is 6.77. The maximum Gasteiger partial charge on any atom is 0.222 e. The van der Waals surface area contributed by atoms with Gasteiger partial charge in [0.15, 0.2) is 0 Å². The molecule has 23 heavy (non-hydrogen) atoms. The summed E-state index contributed by atoms with van der Waals surface area (Å²) < 4.78 is 5.44. The van der Waals surface area contributed by atoms with Gasteiger partial charge in [0.2, 0.25) is 11.8 Å². The summed E-state index contributed by atoms with van der Waals surface area (Å²) in [5, 5.41) is 3.10. The highest BCUT2D eigenvalue weighted by Gasteiger charge is 2.39. The summed E-state index contributed by atoms with van der Waals surface area (Å²) in [7, 11) is 0. The molecule has 2 aliphatic heterocycles. The lowest BCUT2D eigenvalue weighted by atomic mass is 9.86. The molecular weight excluding hydrogens is 292 g/mol. The third-order valence-electron chi connectivity index (χ3n) is 5.28. The minimum absolute atomic E-state index is 0.0794. The van der Waals surface area contributed by atoms with Crippen LogP contribution >= 0.6 is 0 Å². The number of carbonyl (C=O) groups is 2. The summed E-state index contributed by atoms with van der Waals surface area (Å²) in [6.07, 6.45) is 7.00. The Balaban J connectivity index is 1.58. The van der Waals surface area contributed by atoms with Gasteiger partial charge in [-0.2, -0.15) is 0 Å². The molecule has 126 valence electrons. The van der Waals surface area contributed by atoms with Crippen LogP contribution in [0.25, 0.3) is 0 Å². The molecule has 0 aromatic carbocycles. The van der Waals surface area contributed by atoms with Crippen LogP contribution < -0.4 is 5.32 Å². The average molecular weight is 318 g/mol. The molecule has 2 aliphatic rings. The van der Waals surface area contributed by atoms with Gasteiger partial charge < -0.3 is 14.6 Å². The Labute approximate surface area is 137 Å². The Morgan fingerprint density at radius 2 is 2.22 bits per heavy atom. The smallest absolute Gasteiger partial charge is 0.222 e. The van der Waals surface area contributed by atoms with Crippen molar-refractivity contribution in [3.05, 3.63) is 24.2 Å². The predicted octanol–water partition coefficient (Wildman–Crippen LogP) is 2.51. The van der Waals surface area contributed by atoms with Crippen molar-refractivity contribution in [3.8, 4) is 0 Å². The van der Waals surface area contributed by atoms with E-state index in [9.17, 15) is 9.59 Å². The summed E-state index contributed by atoms with van der Waals surface area (Å²) >= 11 is 0. The fourth-order valence-corrected chi connectivity index (χ4v) is 3.69. The van der Waals surface area contributed by atoms with E-state index in [-0.39, 0.29) is 17.4 Å². The number of likely N-dealkylation sites (tertiary alicyclic amines) is 1. The number of furan rings is 1. The van der Waals surface area contributed by atoms with Gasteiger partial charge in [0.25, 0.3) is 0 Å². The largest absolute Gasteiger partial charge is 0.469 e. The van der Waals surface area contributed by atoms with Crippen molar-refractivity contribution in [2.45, 2.75) is 57.4 Å². The van der Waals surface area contributed by atoms with Crippen LogP contribution in [-0.2, 0) is 16.0 Å². The molecule has 3 rings (SSSR count). The van der Waals surface area contributed by atoms with E-state index in [0.29, 0.717) is 25.7 Å². The maximum absolute atomic E-state index is 12.5. The van der Waals surface area contributed by atoms with Gasteiger partial charge in [0, 0.05) is 37.9 Å². The van der Waals surface area contributed by atoms with Crippen LogP contribution in [0.2, 0.25) is 0 Å². The zero-order chi connectivity index (χ0) is 16.3. The number of hydrogen-bond acceptors (Lipinski definition) is 3. The van der Waals surface area contributed by atoms with Crippen LogP contribution in [0.4, 0.5) is 0 Å². The number of nitrogens with zero attached hydrogens (tertiary/aromatic N) is 1. The van der Waals surface area contributed by atoms with Gasteiger partial charge in [-0.25, -0.2) is 0 Å². The minimum atomic E-state index is -0.326. The van der Waals surface area contributed by atoms with Gasteiger partial charge in [-0.15, -0.1) is 0 Å². The van der Waals surface area contributed by atoms with E-state index in [2.05, 4.69) is 12.2 Å². The highest BCUT2D eigenvalue weighted by molar-refractivity contribution is 5.80. The predicted molar refractivity (Wildman–Crippen MR) is 86.7 cm³/mol. The van der Waals surface area contributed by atoms with E-state index in [1.54, 1.807) is 6.26 Å². The first-order chi connectivity index (χ1) is 11.1. The molecule has 1 N–H and O–H groups in total. The third-order valence-corrected chi connectivity index (χ3v) is 5.28. The Morgan fingerprint density at radius 3 is 2.83 bits per heavy atom. The zero-order valence-electron chi connectivity index (χ0n) is 13.8. The summed E-state index contributed by atoms with van der Waals surface area (Å²) in [5.41, 5.74) is -0.326. The number of carbonyl (C=O) groups excluding carboxylic acids is 2. The van der Waals surface area contributed by atoms with Crippen molar-refractivity contribution >= 4 is 11.8 Å². The van der Waals surface area contributed by atoms with Crippen molar-refractivity contribution in [3.63, 3.8) is 0 Å². The van der Waals surface area contributed by atoms with E-state index < -0.39 is 0 Å². The van der Waals surface area contributed by atoms with Gasteiger partial charge >= 0.3 is 0 Å². The molecule has 2 amide bonds. The van der Waals surface area contributed by atoms with Crippen LogP contribution in [0.3, 0.4) is 0 Å². The van der Waals surface area contributed by atoms with Crippen molar-refractivity contribution in [2.75, 3.05) is 13.1 Å². The molecule has 1 aromatic heterocycles. The molecule has 0 bridgehead atoms. The lowest BCUT2D eigenvalue weighted by Crippen LogP contribution is -2.45. The van der Waals surface area contributed by atoms with E-state index in [1.807, 2.05) is 17.0 Å². The molecule has 0 spiro atoms. The molecule has 1 unspecified atom stereocenters. The molecule has 3 heterocycles. The van der Waals surface area contributed by atoms with Crippen LogP contribution in [-0.4, -0.2) is 35.3 Å². The zero-order valence-corrected chi connectivity index (χ0v) is 13.8. The number of piperidine rings is 1. The average Bonchev–Trinajstić information content (AvgIpc) is 3.16. The second-order valence-corrected chi connectivity index (χ2v) is 7.15. The molecule has 1 aromatic rings. The van der Waals surface area contributed by atoms with Gasteiger partial charge in [-0.3, -0.25) is 9.59 Å². The Morgan fingerprint density at radius 1 is 1.43 bits per heavy atom. The third kappa shape index (κ3) is 3.95. The monoisotopic (exact) mass is 318 g/mol. The van der Waals surface area contributed by atoms with Crippen molar-refractivity contribution in [2.24, 2.45) is 5.92 Å². The van der Waals surface area contributed by atoms with E-state index in [4.69, 9.17) is 4.42 Å². The lowest BCUT2D eigenvalue weighted by Gasteiger charge is -2.32. The minimum Gasteiger partial charge on any atom is -0.469 e. The topological polar surface area (TPSA) is 62.6 Å². The van der Waals surface area contributed by atoms with E-state index in [1.165, 1.54) is 0 Å². The van der Waals surface area contributed by atoms with E-state index in [0.717, 1.165) is 44.0 Å². The fourth-order valence-electron chi connectivity index (χ4n) is 3.69. The Hall–Kier alpha value is -1.78. The first-order valence-electron chi connectivity index (χ1n) is 8.67. The summed E-state index contributed by atoms with van der Waals surface area (Å²) in [5.74, 6) is 1.89. The molecule has 2 saturated heterocycles. The Bertz CT molecular complexity index is 547. The van der Waals surface area contributed by atoms with Gasteiger partial charge in [0.05, 0.1) is 6.26 Å². The summed E-state index contributed by atoms with van der Waals surface area (Å²) in [6.45, 7) is 3.99. The van der Waals surface area contributed by atoms with Crippen LogP contribution in [0, 0.1) is 5.92 Å².